The fourth-order valence-corrected chi connectivity index (χ4v) is 10.0. The third-order valence-electron chi connectivity index (χ3n) is 12.2. The van der Waals surface area contributed by atoms with Crippen LogP contribution in [0.4, 0.5) is 0 Å². The number of aromatic nitrogens is 1. The average Bonchev–Trinajstić information content (AvgIpc) is 3.69. The molecule has 3 saturated carbocycles. The molecule has 5 fully saturated rings. The highest BCUT2D eigenvalue weighted by molar-refractivity contribution is 6.06. The van der Waals surface area contributed by atoms with Crippen LogP contribution >= 0.6 is 0 Å². The predicted molar refractivity (Wildman–Crippen MR) is 166 cm³/mol. The summed E-state index contributed by atoms with van der Waals surface area (Å²) in [5, 5.41) is 0. The number of benzene rings is 1. The number of pyridine rings is 1. The first-order valence-electron chi connectivity index (χ1n) is 17.0. The van der Waals surface area contributed by atoms with Crippen molar-refractivity contribution < 1.29 is 14.3 Å². The average molecular weight is 580 g/mol. The number of rotatable bonds is 5. The van der Waals surface area contributed by atoms with Gasteiger partial charge in [0, 0.05) is 37.9 Å². The third kappa shape index (κ3) is 4.75. The van der Waals surface area contributed by atoms with Crippen molar-refractivity contribution in [2.75, 3.05) is 33.3 Å². The zero-order valence-corrected chi connectivity index (χ0v) is 25.6. The lowest BCUT2D eigenvalue weighted by Gasteiger charge is -2.39. The van der Waals surface area contributed by atoms with E-state index in [1.54, 1.807) is 12.0 Å². The highest BCUT2D eigenvalue weighted by Gasteiger charge is 2.61. The Kier molecular flexibility index (Phi) is 7.16. The van der Waals surface area contributed by atoms with Crippen LogP contribution in [0.15, 0.2) is 42.1 Å². The van der Waals surface area contributed by atoms with E-state index in [1.807, 2.05) is 6.20 Å². The van der Waals surface area contributed by atoms with Gasteiger partial charge < -0.3 is 9.64 Å². The maximum Gasteiger partial charge on any atom is 0.233 e. The Hall–Kier alpha value is -2.99. The van der Waals surface area contributed by atoms with Crippen molar-refractivity contribution in [3.8, 4) is 5.75 Å². The minimum Gasteiger partial charge on any atom is -0.497 e. The fourth-order valence-electron chi connectivity index (χ4n) is 10.0. The van der Waals surface area contributed by atoms with Crippen LogP contribution in [-0.2, 0) is 22.4 Å². The Morgan fingerprint density at radius 2 is 1.53 bits per heavy atom. The number of likely N-dealkylation sites (tertiary alicyclic amines) is 2. The lowest BCUT2D eigenvalue weighted by atomic mass is 9.78. The third-order valence-corrected chi connectivity index (χ3v) is 12.2. The number of methoxy groups -OCH3 is 1. The normalized spacial score (nSPS) is 32.1. The van der Waals surface area contributed by atoms with Crippen molar-refractivity contribution in [1.29, 1.82) is 0 Å². The first-order chi connectivity index (χ1) is 21.1. The number of carbonyl (C=O) groups excluding carboxylic acids is 2. The number of fused-ring (bicyclic) bond motifs is 7. The van der Waals surface area contributed by atoms with Gasteiger partial charge in [0.25, 0.3) is 0 Å². The molecule has 43 heavy (non-hydrogen) atoms. The molecule has 226 valence electrons. The molecule has 4 aliphatic carbocycles. The molecule has 0 radical (unpaired) electrons. The van der Waals surface area contributed by atoms with Crippen molar-refractivity contribution in [3.63, 3.8) is 0 Å². The Bertz CT molecular complexity index is 1430. The van der Waals surface area contributed by atoms with E-state index in [-0.39, 0.29) is 23.7 Å². The SMILES string of the molecule is COc1ccc2c(c1)CCc1cccnc1C2=C1CCN(C[C@@H]2CCCC[C@H]2CN2C(=O)C3C(C2=O)[C@H]2CC[C@@H]3C2)CC1. The molecule has 0 spiro atoms. The number of imide groups is 1. The molecule has 2 aliphatic heterocycles. The van der Waals surface area contributed by atoms with Gasteiger partial charge in [-0.1, -0.05) is 30.5 Å². The summed E-state index contributed by atoms with van der Waals surface area (Å²) in [5.41, 5.74) is 8.07. The highest BCUT2D eigenvalue weighted by Crippen LogP contribution is 2.56. The Labute approximate surface area is 255 Å². The second-order valence-electron chi connectivity index (χ2n) is 14.3. The van der Waals surface area contributed by atoms with Gasteiger partial charge in [-0.2, -0.15) is 0 Å². The molecule has 6 atom stereocenters. The summed E-state index contributed by atoms with van der Waals surface area (Å²) in [4.78, 5) is 36.3. The summed E-state index contributed by atoms with van der Waals surface area (Å²) < 4.78 is 5.58. The number of hydrogen-bond acceptors (Lipinski definition) is 5. The first kappa shape index (κ1) is 27.6. The maximum atomic E-state index is 13.5. The largest absolute Gasteiger partial charge is 0.497 e. The molecule has 6 heteroatoms. The van der Waals surface area contributed by atoms with Gasteiger partial charge in [0.05, 0.1) is 24.6 Å². The van der Waals surface area contributed by atoms with Crippen molar-refractivity contribution >= 4 is 17.4 Å². The molecule has 2 bridgehead atoms. The van der Waals surface area contributed by atoms with Crippen LogP contribution in [0.3, 0.4) is 0 Å². The molecule has 6 nitrogen and oxygen atoms in total. The molecule has 8 rings (SSSR count). The zero-order valence-electron chi connectivity index (χ0n) is 25.6. The Morgan fingerprint density at radius 3 is 2.26 bits per heavy atom. The maximum absolute atomic E-state index is 13.5. The molecule has 1 aromatic carbocycles. The van der Waals surface area contributed by atoms with Crippen molar-refractivity contribution in [2.45, 2.75) is 70.6 Å². The topological polar surface area (TPSA) is 62.7 Å². The van der Waals surface area contributed by atoms with Crippen LogP contribution in [0.2, 0.25) is 0 Å². The number of piperidine rings is 1. The monoisotopic (exact) mass is 579 g/mol. The molecular weight excluding hydrogens is 534 g/mol. The van der Waals surface area contributed by atoms with Gasteiger partial charge in [0.1, 0.15) is 5.75 Å². The van der Waals surface area contributed by atoms with Crippen LogP contribution in [0.25, 0.3) is 5.57 Å². The number of amides is 2. The summed E-state index contributed by atoms with van der Waals surface area (Å²) in [7, 11) is 1.75. The first-order valence-corrected chi connectivity index (χ1v) is 17.0. The minimum atomic E-state index is 0.0108. The van der Waals surface area contributed by atoms with Gasteiger partial charge in [0.2, 0.25) is 11.8 Å². The predicted octanol–water partition coefficient (Wildman–Crippen LogP) is 5.92. The number of ether oxygens (including phenoxy) is 1. The van der Waals surface area contributed by atoms with Crippen LogP contribution in [-0.4, -0.2) is 59.9 Å². The number of carbonyl (C=O) groups is 2. The lowest BCUT2D eigenvalue weighted by molar-refractivity contribution is -0.142. The lowest BCUT2D eigenvalue weighted by Crippen LogP contribution is -2.43. The zero-order chi connectivity index (χ0) is 29.1. The number of nitrogens with zero attached hydrogens (tertiary/aromatic N) is 3. The molecule has 6 aliphatic rings. The fraction of sp³-hybridized carbons (Fsp3) is 0.595. The van der Waals surface area contributed by atoms with E-state index in [4.69, 9.17) is 9.72 Å². The summed E-state index contributed by atoms with van der Waals surface area (Å²) >= 11 is 0. The number of aryl methyl sites for hydroxylation is 2. The van der Waals surface area contributed by atoms with Crippen LogP contribution in [0.5, 0.6) is 5.75 Å². The quantitative estimate of drug-likeness (QED) is 0.412. The van der Waals surface area contributed by atoms with Crippen molar-refractivity contribution in [2.24, 2.45) is 35.5 Å². The van der Waals surface area contributed by atoms with Crippen molar-refractivity contribution in [3.05, 3.63) is 64.5 Å². The second-order valence-corrected chi connectivity index (χ2v) is 14.3. The van der Waals surface area contributed by atoms with E-state index < -0.39 is 0 Å². The van der Waals surface area contributed by atoms with Gasteiger partial charge in [-0.05, 0) is 116 Å². The standard InChI is InChI=1S/C37H45N3O3/c1-43-30-12-13-31-25(20-30)9-8-24-7-4-16-38-35(24)32(31)23-14-17-39(18-15-23)21-28-5-2-3-6-29(28)22-40-36(41)33-26-10-11-27(19-26)34(33)37(40)42/h4,7,12-13,16,20,26-29,33-34H,2-3,5-6,8-11,14-15,17-19,21-22H2,1H3/t26-,27+,28-,29-,33?,34?/m0/s1. The van der Waals surface area contributed by atoms with Gasteiger partial charge in [-0.25, -0.2) is 0 Å². The molecule has 1 aromatic heterocycles. The van der Waals surface area contributed by atoms with E-state index in [0.29, 0.717) is 30.2 Å². The summed E-state index contributed by atoms with van der Waals surface area (Å²) in [6, 6.07) is 10.9. The van der Waals surface area contributed by atoms with Crippen LogP contribution < -0.4 is 4.74 Å². The van der Waals surface area contributed by atoms with E-state index >= 15 is 0 Å². The minimum absolute atomic E-state index is 0.0108. The van der Waals surface area contributed by atoms with E-state index in [1.165, 1.54) is 52.8 Å². The van der Waals surface area contributed by atoms with Crippen LogP contribution in [0.1, 0.15) is 80.2 Å². The van der Waals surface area contributed by atoms with Gasteiger partial charge in [0.15, 0.2) is 0 Å². The molecule has 2 unspecified atom stereocenters. The molecular formula is C37H45N3O3. The van der Waals surface area contributed by atoms with E-state index in [9.17, 15) is 9.59 Å². The van der Waals surface area contributed by atoms with E-state index in [2.05, 4.69) is 35.2 Å². The number of hydrogen-bond donors (Lipinski definition) is 0. The molecule has 3 heterocycles. The van der Waals surface area contributed by atoms with Crippen LogP contribution in [0, 0.1) is 35.5 Å². The summed E-state index contributed by atoms with van der Waals surface area (Å²) in [6.07, 6.45) is 14.3. The van der Waals surface area contributed by atoms with Crippen molar-refractivity contribution in [1.82, 2.24) is 14.8 Å². The summed E-state index contributed by atoms with van der Waals surface area (Å²) in [5.74, 6) is 3.25. The Morgan fingerprint density at radius 1 is 0.837 bits per heavy atom. The van der Waals surface area contributed by atoms with E-state index in [0.717, 1.165) is 76.8 Å². The van der Waals surface area contributed by atoms with Gasteiger partial charge in [-0.3, -0.25) is 19.5 Å². The van der Waals surface area contributed by atoms with Gasteiger partial charge in [-0.15, -0.1) is 0 Å². The molecule has 0 N–H and O–H groups in total. The highest BCUT2D eigenvalue weighted by atomic mass is 16.5. The molecule has 2 aromatic rings. The molecule has 2 amide bonds. The Balaban J connectivity index is 0.982. The summed E-state index contributed by atoms with van der Waals surface area (Å²) in [6.45, 7) is 3.88. The molecule has 2 saturated heterocycles. The smallest absolute Gasteiger partial charge is 0.233 e. The second kappa shape index (κ2) is 11.2. The van der Waals surface area contributed by atoms with Gasteiger partial charge >= 0.3 is 0 Å².